The molecule has 2 aromatic carbocycles. The highest BCUT2D eigenvalue weighted by atomic mass is 16.2. The molecular formula is C27H27N3O2. The second-order valence-electron chi connectivity index (χ2n) is 8.19. The summed E-state index contributed by atoms with van der Waals surface area (Å²) in [6.07, 6.45) is 7.78. The molecule has 2 N–H and O–H groups in total. The summed E-state index contributed by atoms with van der Waals surface area (Å²) in [6, 6.07) is 18.1. The Balaban J connectivity index is 1.51. The summed E-state index contributed by atoms with van der Waals surface area (Å²) in [6.45, 7) is 3.30. The number of pyridine rings is 1. The Hall–Kier alpha value is -3.73. The van der Waals surface area contributed by atoms with Gasteiger partial charge < -0.3 is 10.6 Å². The number of rotatable bonds is 7. The van der Waals surface area contributed by atoms with E-state index in [0.29, 0.717) is 31.5 Å². The lowest BCUT2D eigenvalue weighted by Gasteiger charge is -2.17. The van der Waals surface area contributed by atoms with E-state index in [-0.39, 0.29) is 5.91 Å². The van der Waals surface area contributed by atoms with E-state index in [0.717, 1.165) is 34.4 Å². The zero-order valence-corrected chi connectivity index (χ0v) is 18.3. The minimum Gasteiger partial charge on any atom is -0.366 e. The third-order valence-electron chi connectivity index (χ3n) is 5.85. The van der Waals surface area contributed by atoms with E-state index < -0.39 is 5.91 Å². The van der Waals surface area contributed by atoms with Gasteiger partial charge in [0.05, 0.1) is 5.56 Å². The van der Waals surface area contributed by atoms with Crippen LogP contribution in [-0.4, -0.2) is 34.8 Å². The Bertz CT molecular complexity index is 1160. The number of aryl methyl sites for hydroxylation is 3. The fraction of sp³-hybridized carbons (Fsp3) is 0.222. The Morgan fingerprint density at radius 2 is 1.69 bits per heavy atom. The number of benzene rings is 2. The summed E-state index contributed by atoms with van der Waals surface area (Å²) in [5.41, 5.74) is 11.8. The van der Waals surface area contributed by atoms with Gasteiger partial charge in [-0.3, -0.25) is 14.6 Å². The molecule has 0 bridgehead atoms. The van der Waals surface area contributed by atoms with Crippen molar-refractivity contribution in [2.45, 2.75) is 26.2 Å². The second kappa shape index (κ2) is 9.60. The number of amides is 2. The molecule has 0 saturated heterocycles. The zero-order chi connectivity index (χ0) is 22.5. The van der Waals surface area contributed by atoms with Gasteiger partial charge in [0.2, 0.25) is 0 Å². The average molecular weight is 426 g/mol. The number of carbonyl (C=O) groups is 2. The highest BCUT2D eigenvalue weighted by Gasteiger charge is 2.18. The number of hydrogen-bond donors (Lipinski definition) is 1. The van der Waals surface area contributed by atoms with Crippen molar-refractivity contribution in [3.05, 3.63) is 112 Å². The molecule has 3 aromatic rings. The van der Waals surface area contributed by atoms with Crippen LogP contribution < -0.4 is 5.73 Å². The van der Waals surface area contributed by atoms with Crippen LogP contribution in [0.5, 0.6) is 0 Å². The topological polar surface area (TPSA) is 76.3 Å². The molecule has 0 radical (unpaired) electrons. The molecular weight excluding hydrogens is 398 g/mol. The Morgan fingerprint density at radius 1 is 0.938 bits per heavy atom. The van der Waals surface area contributed by atoms with E-state index in [4.69, 9.17) is 5.73 Å². The van der Waals surface area contributed by atoms with Crippen LogP contribution in [0, 0.1) is 6.92 Å². The SMILES string of the molecule is Cc1cc(Cc2cc(CCc3ccccc3)c(C(N)=O)cn2)ccc1C(=O)N1CC=CC1. The summed E-state index contributed by atoms with van der Waals surface area (Å²) in [7, 11) is 0. The lowest BCUT2D eigenvalue weighted by atomic mass is 9.97. The number of hydrogen-bond acceptors (Lipinski definition) is 3. The van der Waals surface area contributed by atoms with E-state index in [9.17, 15) is 9.59 Å². The molecule has 1 aliphatic heterocycles. The molecule has 2 amide bonds. The van der Waals surface area contributed by atoms with E-state index in [2.05, 4.69) is 17.1 Å². The van der Waals surface area contributed by atoms with Crippen LogP contribution in [0.3, 0.4) is 0 Å². The summed E-state index contributed by atoms with van der Waals surface area (Å²) >= 11 is 0. The summed E-state index contributed by atoms with van der Waals surface area (Å²) in [4.78, 5) is 30.9. The molecule has 5 heteroatoms. The Labute approximate surface area is 188 Å². The molecule has 0 unspecified atom stereocenters. The van der Waals surface area contributed by atoms with Crippen LogP contribution in [0.4, 0.5) is 0 Å². The smallest absolute Gasteiger partial charge is 0.254 e. The first-order chi connectivity index (χ1) is 15.5. The van der Waals surface area contributed by atoms with Gasteiger partial charge in [-0.15, -0.1) is 0 Å². The van der Waals surface area contributed by atoms with Gasteiger partial charge in [-0.1, -0.05) is 54.6 Å². The van der Waals surface area contributed by atoms with E-state index in [1.165, 1.54) is 5.56 Å². The van der Waals surface area contributed by atoms with Crippen LogP contribution in [-0.2, 0) is 19.3 Å². The van der Waals surface area contributed by atoms with Crippen LogP contribution in [0.2, 0.25) is 0 Å². The zero-order valence-electron chi connectivity index (χ0n) is 18.3. The van der Waals surface area contributed by atoms with Crippen LogP contribution in [0.15, 0.2) is 72.9 Å². The summed E-state index contributed by atoms with van der Waals surface area (Å²) in [5.74, 6) is -0.395. The van der Waals surface area contributed by atoms with Gasteiger partial charge in [0.25, 0.3) is 11.8 Å². The molecule has 2 heterocycles. The van der Waals surface area contributed by atoms with Gasteiger partial charge in [0.15, 0.2) is 0 Å². The molecule has 1 aromatic heterocycles. The molecule has 0 spiro atoms. The van der Waals surface area contributed by atoms with Crippen molar-refractivity contribution in [3.8, 4) is 0 Å². The number of carbonyl (C=O) groups excluding carboxylic acids is 2. The van der Waals surface area contributed by atoms with Crippen molar-refractivity contribution < 1.29 is 9.59 Å². The van der Waals surface area contributed by atoms with Crippen molar-refractivity contribution in [2.24, 2.45) is 5.73 Å². The Kier molecular flexibility index (Phi) is 6.45. The molecule has 162 valence electrons. The first-order valence-electron chi connectivity index (χ1n) is 10.9. The maximum Gasteiger partial charge on any atom is 0.254 e. The summed E-state index contributed by atoms with van der Waals surface area (Å²) in [5, 5.41) is 0. The lowest BCUT2D eigenvalue weighted by Crippen LogP contribution is -2.28. The number of primary amides is 1. The molecule has 0 atom stereocenters. The molecule has 32 heavy (non-hydrogen) atoms. The number of nitrogens with two attached hydrogens (primary N) is 1. The van der Waals surface area contributed by atoms with Crippen LogP contribution in [0.25, 0.3) is 0 Å². The van der Waals surface area contributed by atoms with Crippen LogP contribution >= 0.6 is 0 Å². The molecule has 0 saturated carbocycles. The van der Waals surface area contributed by atoms with E-state index in [1.807, 2.05) is 66.4 Å². The Morgan fingerprint density at radius 3 is 2.38 bits per heavy atom. The molecule has 4 rings (SSSR count). The number of nitrogens with zero attached hydrogens (tertiary/aromatic N) is 2. The van der Waals surface area contributed by atoms with E-state index in [1.54, 1.807) is 6.20 Å². The van der Waals surface area contributed by atoms with Gasteiger partial charge in [-0.25, -0.2) is 0 Å². The monoisotopic (exact) mass is 425 g/mol. The van der Waals surface area contributed by atoms with Crippen LogP contribution in [0.1, 0.15) is 48.7 Å². The minimum absolute atomic E-state index is 0.0613. The quantitative estimate of drug-likeness (QED) is 0.584. The lowest BCUT2D eigenvalue weighted by molar-refractivity contribution is 0.0799. The highest BCUT2D eigenvalue weighted by molar-refractivity contribution is 5.96. The van der Waals surface area contributed by atoms with Crippen molar-refractivity contribution in [2.75, 3.05) is 13.1 Å². The van der Waals surface area contributed by atoms with Gasteiger partial charge in [-0.05, 0) is 54.2 Å². The maximum atomic E-state index is 12.7. The van der Waals surface area contributed by atoms with E-state index >= 15 is 0 Å². The van der Waals surface area contributed by atoms with Crippen molar-refractivity contribution in [1.29, 1.82) is 0 Å². The summed E-state index contributed by atoms with van der Waals surface area (Å²) < 4.78 is 0. The van der Waals surface area contributed by atoms with Gasteiger partial charge in [0, 0.05) is 37.0 Å². The van der Waals surface area contributed by atoms with Crippen molar-refractivity contribution in [1.82, 2.24) is 9.88 Å². The predicted molar refractivity (Wildman–Crippen MR) is 126 cm³/mol. The largest absolute Gasteiger partial charge is 0.366 e. The predicted octanol–water partition coefficient (Wildman–Crippen LogP) is 3.88. The van der Waals surface area contributed by atoms with Crippen molar-refractivity contribution >= 4 is 11.8 Å². The molecule has 0 aliphatic carbocycles. The number of aromatic nitrogens is 1. The van der Waals surface area contributed by atoms with Crippen molar-refractivity contribution in [3.63, 3.8) is 0 Å². The second-order valence-corrected chi connectivity index (χ2v) is 8.19. The fourth-order valence-corrected chi connectivity index (χ4v) is 4.09. The molecule has 0 fully saturated rings. The fourth-order valence-electron chi connectivity index (χ4n) is 4.09. The van der Waals surface area contributed by atoms with Gasteiger partial charge >= 0.3 is 0 Å². The molecule has 5 nitrogen and oxygen atoms in total. The first-order valence-corrected chi connectivity index (χ1v) is 10.9. The normalized spacial score (nSPS) is 12.8. The standard InChI is InChI=1S/C27H27N3O2/c1-19-15-21(10-12-24(19)27(32)30-13-5-6-14-30)16-23-17-22(25(18-29-23)26(28)31)11-9-20-7-3-2-4-8-20/h2-8,10,12,15,17-18H,9,11,13-14,16H2,1H3,(H2,28,31). The third-order valence-corrected chi connectivity index (χ3v) is 5.85. The van der Waals surface area contributed by atoms with Gasteiger partial charge in [0.1, 0.15) is 0 Å². The minimum atomic E-state index is -0.456. The first kappa shape index (κ1) is 21.5. The highest BCUT2D eigenvalue weighted by Crippen LogP contribution is 2.19. The maximum absolute atomic E-state index is 12.7. The third kappa shape index (κ3) is 4.94. The van der Waals surface area contributed by atoms with Gasteiger partial charge in [-0.2, -0.15) is 0 Å². The molecule has 1 aliphatic rings. The average Bonchev–Trinajstić information content (AvgIpc) is 3.33.